The normalized spacial score (nSPS) is 22.8. The molecule has 0 aromatic heterocycles. The summed E-state index contributed by atoms with van der Waals surface area (Å²) in [6.45, 7) is 21.6. The van der Waals surface area contributed by atoms with Gasteiger partial charge in [0.15, 0.2) is 0 Å². The van der Waals surface area contributed by atoms with Crippen LogP contribution in [-0.4, -0.2) is 45.4 Å². The minimum absolute atomic E-state index is 0.148. The molecule has 3 N–H and O–H groups in total. The van der Waals surface area contributed by atoms with Crippen molar-refractivity contribution in [2.75, 3.05) is 12.5 Å². The molecule has 3 nitrogen and oxygen atoms in total. The van der Waals surface area contributed by atoms with E-state index in [4.69, 9.17) is 38.5 Å². The molecule has 2 aliphatic carbocycles. The SMILES string of the molecule is CC.CC.CC(C)C(C)O.CC(O)C(C)C(C)CCl.CCO.ClC1CCC(C2CCCC2)C1. The predicted octanol–water partition coefficient (Wildman–Crippen LogP) is 8.54. The van der Waals surface area contributed by atoms with Crippen molar-refractivity contribution in [3.8, 4) is 0 Å². The summed E-state index contributed by atoms with van der Waals surface area (Å²) < 4.78 is 0. The van der Waals surface area contributed by atoms with Crippen molar-refractivity contribution < 1.29 is 15.3 Å². The van der Waals surface area contributed by atoms with Gasteiger partial charge in [0.25, 0.3) is 0 Å². The minimum Gasteiger partial charge on any atom is -0.397 e. The van der Waals surface area contributed by atoms with Crippen molar-refractivity contribution in [1.29, 1.82) is 0 Å². The number of hydrogen-bond acceptors (Lipinski definition) is 3. The molecule has 2 saturated carbocycles. The van der Waals surface area contributed by atoms with E-state index < -0.39 is 0 Å². The van der Waals surface area contributed by atoms with Crippen LogP contribution in [0.5, 0.6) is 0 Å². The van der Waals surface area contributed by atoms with Gasteiger partial charge in [0, 0.05) is 17.9 Å². The van der Waals surface area contributed by atoms with Gasteiger partial charge in [-0.1, -0.05) is 81.1 Å². The molecule has 0 aromatic carbocycles. The van der Waals surface area contributed by atoms with E-state index in [0.717, 1.165) is 11.8 Å². The Hall–Kier alpha value is 0.460. The summed E-state index contributed by atoms with van der Waals surface area (Å²) in [4.78, 5) is 0. The van der Waals surface area contributed by atoms with E-state index in [-0.39, 0.29) is 18.8 Å². The maximum Gasteiger partial charge on any atom is 0.0540 e. The second kappa shape index (κ2) is 28.7. The second-order valence-electron chi connectivity index (χ2n) is 9.25. The average Bonchev–Trinajstić information content (AvgIpc) is 3.48. The Labute approximate surface area is 219 Å². The zero-order chi connectivity index (χ0) is 27.0. The fourth-order valence-corrected chi connectivity index (χ4v) is 4.07. The Kier molecular flexibility index (Phi) is 35.3. The van der Waals surface area contributed by atoms with E-state index in [0.29, 0.717) is 29.0 Å². The smallest absolute Gasteiger partial charge is 0.0540 e. The largest absolute Gasteiger partial charge is 0.397 e. The molecule has 0 amide bonds. The Morgan fingerprint density at radius 1 is 0.758 bits per heavy atom. The summed E-state index contributed by atoms with van der Waals surface area (Å²) in [7, 11) is 0. The van der Waals surface area contributed by atoms with Crippen LogP contribution in [-0.2, 0) is 0 Å². The maximum absolute atomic E-state index is 9.06. The summed E-state index contributed by atoms with van der Waals surface area (Å²) in [5, 5.41) is 25.8. The third-order valence-corrected chi connectivity index (χ3v) is 7.23. The standard InChI is InChI=1S/C10H17Cl.C7H15ClO.C5H12O.C2H6O.2C2H6/c11-10-6-5-9(7-10)8-3-1-2-4-8;1-5(4-8)6(2)7(3)9;1-4(2)5(3)6;1-2-3;2*1-2/h8-10H,1-7H2;5-7,9H,4H2,1-3H3;4-6H,1-3H3;3H,2H2,1H3;2*1-2H3. The van der Waals surface area contributed by atoms with Crippen LogP contribution in [0.4, 0.5) is 0 Å². The lowest BCUT2D eigenvalue weighted by atomic mass is 9.90. The highest BCUT2D eigenvalue weighted by Gasteiger charge is 2.31. The molecular formula is C28H62Cl2O3. The van der Waals surface area contributed by atoms with E-state index in [2.05, 4.69) is 0 Å². The summed E-state index contributed by atoms with van der Waals surface area (Å²) in [6, 6.07) is 0. The fraction of sp³-hybridized carbons (Fsp3) is 1.00. The topological polar surface area (TPSA) is 60.7 Å². The molecule has 206 valence electrons. The third-order valence-electron chi connectivity index (χ3n) is 6.34. The molecule has 5 heteroatoms. The van der Waals surface area contributed by atoms with Crippen LogP contribution in [0.1, 0.15) is 121 Å². The van der Waals surface area contributed by atoms with Crippen molar-refractivity contribution >= 4 is 23.2 Å². The molecule has 0 saturated heterocycles. The van der Waals surface area contributed by atoms with Crippen LogP contribution >= 0.6 is 23.2 Å². The quantitative estimate of drug-likeness (QED) is 0.320. The molecule has 6 atom stereocenters. The molecule has 6 unspecified atom stereocenters. The van der Waals surface area contributed by atoms with Crippen LogP contribution in [0.25, 0.3) is 0 Å². The number of aliphatic hydroxyl groups is 3. The van der Waals surface area contributed by atoms with Crippen molar-refractivity contribution in [2.24, 2.45) is 29.6 Å². The summed E-state index contributed by atoms with van der Waals surface area (Å²) in [6.07, 6.45) is 9.57. The van der Waals surface area contributed by atoms with Crippen LogP contribution < -0.4 is 0 Å². The van der Waals surface area contributed by atoms with Crippen molar-refractivity contribution in [1.82, 2.24) is 0 Å². The Balaban J connectivity index is -0.000000173. The first-order valence-electron chi connectivity index (χ1n) is 13.7. The monoisotopic (exact) mass is 516 g/mol. The molecule has 0 radical (unpaired) electrons. The highest BCUT2D eigenvalue weighted by Crippen LogP contribution is 2.41. The number of rotatable bonds is 5. The zero-order valence-corrected chi connectivity index (χ0v) is 25.6. The lowest BCUT2D eigenvalue weighted by Gasteiger charge is -2.19. The van der Waals surface area contributed by atoms with Gasteiger partial charge in [-0.15, -0.1) is 23.2 Å². The minimum atomic E-state index is -0.237. The van der Waals surface area contributed by atoms with Gasteiger partial charge in [-0.05, 0) is 69.6 Å². The van der Waals surface area contributed by atoms with Crippen molar-refractivity contribution in [2.45, 2.75) is 139 Å². The Bertz CT molecular complexity index is 340. The first-order chi connectivity index (χ1) is 15.5. The lowest BCUT2D eigenvalue weighted by molar-refractivity contribution is 0.110. The molecule has 33 heavy (non-hydrogen) atoms. The Morgan fingerprint density at radius 2 is 1.15 bits per heavy atom. The van der Waals surface area contributed by atoms with Gasteiger partial charge in [0.1, 0.15) is 0 Å². The lowest BCUT2D eigenvalue weighted by Crippen LogP contribution is -2.21. The van der Waals surface area contributed by atoms with E-state index in [1.807, 2.05) is 55.4 Å². The van der Waals surface area contributed by atoms with E-state index in [1.165, 1.54) is 44.9 Å². The molecule has 0 heterocycles. The molecule has 2 rings (SSSR count). The fourth-order valence-electron chi connectivity index (χ4n) is 3.43. The summed E-state index contributed by atoms with van der Waals surface area (Å²) in [5.41, 5.74) is 0. The van der Waals surface area contributed by atoms with E-state index in [9.17, 15) is 0 Å². The summed E-state index contributed by atoms with van der Waals surface area (Å²) >= 11 is 11.7. The molecule has 0 aromatic rings. The van der Waals surface area contributed by atoms with Gasteiger partial charge >= 0.3 is 0 Å². The molecular weight excluding hydrogens is 455 g/mol. The molecule has 0 bridgehead atoms. The predicted molar refractivity (Wildman–Crippen MR) is 152 cm³/mol. The van der Waals surface area contributed by atoms with Gasteiger partial charge in [-0.2, -0.15) is 0 Å². The highest BCUT2D eigenvalue weighted by atomic mass is 35.5. The molecule has 2 aliphatic rings. The van der Waals surface area contributed by atoms with Crippen LogP contribution in [0.2, 0.25) is 0 Å². The molecule has 0 spiro atoms. The zero-order valence-electron chi connectivity index (χ0n) is 24.1. The third kappa shape index (κ3) is 25.4. The van der Waals surface area contributed by atoms with Crippen molar-refractivity contribution in [3.63, 3.8) is 0 Å². The van der Waals surface area contributed by atoms with Crippen molar-refractivity contribution in [3.05, 3.63) is 0 Å². The number of alkyl halides is 2. The van der Waals surface area contributed by atoms with E-state index >= 15 is 0 Å². The maximum atomic E-state index is 9.06. The number of hydrogen-bond donors (Lipinski definition) is 3. The average molecular weight is 518 g/mol. The highest BCUT2D eigenvalue weighted by molar-refractivity contribution is 6.20. The van der Waals surface area contributed by atoms with Crippen LogP contribution in [0, 0.1) is 29.6 Å². The molecule has 0 aliphatic heterocycles. The number of halogens is 2. The van der Waals surface area contributed by atoms with Gasteiger partial charge in [-0.3, -0.25) is 0 Å². The van der Waals surface area contributed by atoms with E-state index in [1.54, 1.807) is 20.8 Å². The van der Waals surface area contributed by atoms with Gasteiger partial charge in [-0.25, -0.2) is 0 Å². The van der Waals surface area contributed by atoms with Gasteiger partial charge in [0.2, 0.25) is 0 Å². The Morgan fingerprint density at radius 3 is 1.36 bits per heavy atom. The first kappa shape index (κ1) is 40.6. The first-order valence-corrected chi connectivity index (χ1v) is 14.7. The van der Waals surface area contributed by atoms with Crippen LogP contribution in [0.15, 0.2) is 0 Å². The molecule has 2 fully saturated rings. The number of aliphatic hydroxyl groups excluding tert-OH is 3. The van der Waals surface area contributed by atoms with Crippen LogP contribution in [0.3, 0.4) is 0 Å². The summed E-state index contributed by atoms with van der Waals surface area (Å²) in [5.74, 6) is 3.81. The van der Waals surface area contributed by atoms with Gasteiger partial charge in [0.05, 0.1) is 12.2 Å². The second-order valence-corrected chi connectivity index (χ2v) is 10.2. The van der Waals surface area contributed by atoms with Gasteiger partial charge < -0.3 is 15.3 Å².